The Balaban J connectivity index is 2.08. The SMILES string of the molecule is NCCc1cc(Cl)ccc1OCc1cc(Br)cs1. The monoisotopic (exact) mass is 345 g/mol. The van der Waals surface area contributed by atoms with E-state index in [9.17, 15) is 0 Å². The molecule has 0 saturated heterocycles. The fourth-order valence-corrected chi connectivity index (χ4v) is 3.17. The summed E-state index contributed by atoms with van der Waals surface area (Å²) < 4.78 is 6.91. The number of halogens is 2. The minimum atomic E-state index is 0.565. The van der Waals surface area contributed by atoms with Crippen molar-refractivity contribution in [3.8, 4) is 5.75 Å². The highest BCUT2D eigenvalue weighted by Gasteiger charge is 2.05. The van der Waals surface area contributed by atoms with Crippen LogP contribution in [0.3, 0.4) is 0 Å². The molecular weight excluding hydrogens is 334 g/mol. The topological polar surface area (TPSA) is 35.2 Å². The fourth-order valence-electron chi connectivity index (χ4n) is 1.62. The molecule has 0 aliphatic heterocycles. The molecule has 2 aromatic rings. The molecule has 0 fully saturated rings. The van der Waals surface area contributed by atoms with Crippen molar-refractivity contribution < 1.29 is 4.74 Å². The fraction of sp³-hybridized carbons (Fsp3) is 0.231. The second kappa shape index (κ2) is 6.57. The van der Waals surface area contributed by atoms with Gasteiger partial charge >= 0.3 is 0 Å². The maximum Gasteiger partial charge on any atom is 0.123 e. The number of rotatable bonds is 5. The molecule has 0 spiro atoms. The van der Waals surface area contributed by atoms with E-state index < -0.39 is 0 Å². The van der Waals surface area contributed by atoms with E-state index in [0.717, 1.165) is 22.2 Å². The van der Waals surface area contributed by atoms with Gasteiger partial charge in [-0.3, -0.25) is 0 Å². The molecule has 1 aromatic carbocycles. The zero-order valence-electron chi connectivity index (χ0n) is 9.66. The van der Waals surface area contributed by atoms with Crippen LogP contribution in [-0.4, -0.2) is 6.54 Å². The molecule has 0 atom stereocenters. The van der Waals surface area contributed by atoms with Crippen molar-refractivity contribution in [3.05, 3.63) is 49.6 Å². The van der Waals surface area contributed by atoms with E-state index in [2.05, 4.69) is 22.0 Å². The highest BCUT2D eigenvalue weighted by Crippen LogP contribution is 2.26. The third-order valence-electron chi connectivity index (χ3n) is 2.43. The van der Waals surface area contributed by atoms with Crippen molar-refractivity contribution in [1.82, 2.24) is 0 Å². The quantitative estimate of drug-likeness (QED) is 0.878. The number of ether oxygens (including phenoxy) is 1. The van der Waals surface area contributed by atoms with Crippen LogP contribution in [0.4, 0.5) is 0 Å². The predicted molar refractivity (Wildman–Crippen MR) is 80.6 cm³/mol. The van der Waals surface area contributed by atoms with E-state index in [1.807, 2.05) is 23.6 Å². The number of hydrogen-bond donors (Lipinski definition) is 1. The molecule has 0 saturated carbocycles. The molecule has 0 aliphatic rings. The van der Waals surface area contributed by atoms with Crippen molar-refractivity contribution >= 4 is 38.9 Å². The second-order valence-corrected chi connectivity index (χ2v) is 6.16. The largest absolute Gasteiger partial charge is 0.488 e. The molecule has 2 rings (SSSR count). The number of benzene rings is 1. The molecule has 0 aliphatic carbocycles. The summed E-state index contributed by atoms with van der Waals surface area (Å²) >= 11 is 11.1. The van der Waals surface area contributed by atoms with Crippen molar-refractivity contribution in [2.45, 2.75) is 13.0 Å². The van der Waals surface area contributed by atoms with Crippen molar-refractivity contribution in [3.63, 3.8) is 0 Å². The third kappa shape index (κ3) is 3.72. The summed E-state index contributed by atoms with van der Waals surface area (Å²) in [7, 11) is 0. The van der Waals surface area contributed by atoms with Crippen LogP contribution in [0, 0.1) is 0 Å². The molecule has 1 aromatic heterocycles. The lowest BCUT2D eigenvalue weighted by atomic mass is 10.1. The van der Waals surface area contributed by atoms with E-state index in [1.165, 1.54) is 4.88 Å². The molecular formula is C13H13BrClNOS. The van der Waals surface area contributed by atoms with Gasteiger partial charge in [0.05, 0.1) is 0 Å². The van der Waals surface area contributed by atoms with Crippen LogP contribution in [0.15, 0.2) is 34.1 Å². The van der Waals surface area contributed by atoms with Gasteiger partial charge in [-0.15, -0.1) is 11.3 Å². The average Bonchev–Trinajstić information content (AvgIpc) is 2.75. The maximum atomic E-state index is 5.97. The van der Waals surface area contributed by atoms with E-state index in [1.54, 1.807) is 11.3 Å². The van der Waals surface area contributed by atoms with Crippen molar-refractivity contribution in [2.75, 3.05) is 6.54 Å². The van der Waals surface area contributed by atoms with Gasteiger partial charge in [-0.2, -0.15) is 0 Å². The Labute approximate surface area is 124 Å². The highest BCUT2D eigenvalue weighted by atomic mass is 79.9. The molecule has 5 heteroatoms. The molecule has 0 radical (unpaired) electrons. The number of thiophene rings is 1. The number of hydrogen-bond acceptors (Lipinski definition) is 3. The Morgan fingerprint density at radius 1 is 1.33 bits per heavy atom. The molecule has 96 valence electrons. The van der Waals surface area contributed by atoms with E-state index in [0.29, 0.717) is 18.2 Å². The van der Waals surface area contributed by atoms with Crippen LogP contribution in [-0.2, 0) is 13.0 Å². The Bertz CT molecular complexity index is 529. The first-order valence-electron chi connectivity index (χ1n) is 5.53. The standard InChI is InChI=1S/C13H13BrClNOS/c14-10-6-12(18-8-10)7-17-13-2-1-11(15)5-9(13)3-4-16/h1-2,5-6,8H,3-4,7,16H2. The Morgan fingerprint density at radius 3 is 2.83 bits per heavy atom. The predicted octanol–water partition coefficient (Wildman–Crippen LogP) is 4.24. The summed E-state index contributed by atoms with van der Waals surface area (Å²) in [5, 5.41) is 2.76. The third-order valence-corrected chi connectivity index (χ3v) is 4.33. The summed E-state index contributed by atoms with van der Waals surface area (Å²) in [5.41, 5.74) is 6.64. The zero-order valence-corrected chi connectivity index (χ0v) is 12.8. The van der Waals surface area contributed by atoms with E-state index >= 15 is 0 Å². The van der Waals surface area contributed by atoms with E-state index in [4.69, 9.17) is 22.1 Å². The molecule has 2 nitrogen and oxygen atoms in total. The summed E-state index contributed by atoms with van der Waals surface area (Å²) in [6.45, 7) is 1.15. The molecule has 0 unspecified atom stereocenters. The van der Waals surface area contributed by atoms with Crippen molar-refractivity contribution in [2.24, 2.45) is 5.73 Å². The normalized spacial score (nSPS) is 10.6. The van der Waals surface area contributed by atoms with Gasteiger partial charge in [0.25, 0.3) is 0 Å². The van der Waals surface area contributed by atoms with Gasteiger partial charge in [-0.25, -0.2) is 0 Å². The highest BCUT2D eigenvalue weighted by molar-refractivity contribution is 9.10. The second-order valence-electron chi connectivity index (χ2n) is 3.81. The Kier molecular flexibility index (Phi) is 5.06. The molecule has 0 bridgehead atoms. The Hall–Kier alpha value is -0.550. The lowest BCUT2D eigenvalue weighted by molar-refractivity contribution is 0.306. The van der Waals surface area contributed by atoms with Crippen LogP contribution in [0.2, 0.25) is 5.02 Å². The average molecular weight is 347 g/mol. The summed E-state index contributed by atoms with van der Waals surface area (Å²) in [4.78, 5) is 1.18. The molecule has 0 amide bonds. The summed E-state index contributed by atoms with van der Waals surface area (Å²) in [5.74, 6) is 0.856. The van der Waals surface area contributed by atoms with Crippen LogP contribution in [0.1, 0.15) is 10.4 Å². The minimum absolute atomic E-state index is 0.565. The molecule has 2 N–H and O–H groups in total. The van der Waals surface area contributed by atoms with Gasteiger partial charge in [0.15, 0.2) is 0 Å². The van der Waals surface area contributed by atoms with Crippen LogP contribution < -0.4 is 10.5 Å². The first-order chi connectivity index (χ1) is 8.69. The lowest BCUT2D eigenvalue weighted by Crippen LogP contribution is -2.05. The van der Waals surface area contributed by atoms with Gasteiger partial charge in [-0.05, 0) is 58.7 Å². The van der Waals surface area contributed by atoms with Crippen LogP contribution >= 0.6 is 38.9 Å². The molecule has 18 heavy (non-hydrogen) atoms. The first kappa shape index (κ1) is 13.9. The van der Waals surface area contributed by atoms with Gasteiger partial charge in [0, 0.05) is 19.8 Å². The lowest BCUT2D eigenvalue weighted by Gasteiger charge is -2.10. The zero-order chi connectivity index (χ0) is 13.0. The van der Waals surface area contributed by atoms with Crippen LogP contribution in [0.5, 0.6) is 5.75 Å². The summed E-state index contributed by atoms with van der Waals surface area (Å²) in [6.07, 6.45) is 0.768. The first-order valence-corrected chi connectivity index (χ1v) is 7.58. The smallest absolute Gasteiger partial charge is 0.123 e. The summed E-state index contributed by atoms with van der Waals surface area (Å²) in [6, 6.07) is 7.70. The van der Waals surface area contributed by atoms with Crippen molar-refractivity contribution in [1.29, 1.82) is 0 Å². The van der Waals surface area contributed by atoms with Gasteiger partial charge in [-0.1, -0.05) is 11.6 Å². The minimum Gasteiger partial charge on any atom is -0.488 e. The molecule has 1 heterocycles. The van der Waals surface area contributed by atoms with Gasteiger partial charge in [0.1, 0.15) is 12.4 Å². The van der Waals surface area contributed by atoms with Gasteiger partial charge in [0.2, 0.25) is 0 Å². The Morgan fingerprint density at radius 2 is 2.17 bits per heavy atom. The van der Waals surface area contributed by atoms with Gasteiger partial charge < -0.3 is 10.5 Å². The maximum absolute atomic E-state index is 5.97. The number of nitrogens with two attached hydrogens (primary N) is 1. The van der Waals surface area contributed by atoms with E-state index in [-0.39, 0.29) is 0 Å². The van der Waals surface area contributed by atoms with Crippen LogP contribution in [0.25, 0.3) is 0 Å².